The van der Waals surface area contributed by atoms with Crippen LogP contribution < -0.4 is 5.32 Å². The third kappa shape index (κ3) is 4.13. The predicted molar refractivity (Wildman–Crippen MR) is 95.4 cm³/mol. The minimum absolute atomic E-state index is 0. The van der Waals surface area contributed by atoms with E-state index in [9.17, 15) is 4.79 Å². The van der Waals surface area contributed by atoms with Gasteiger partial charge >= 0.3 is 0 Å². The van der Waals surface area contributed by atoms with Crippen molar-refractivity contribution in [3.05, 3.63) is 16.1 Å². The molecule has 3 rings (SSSR count). The zero-order valence-corrected chi connectivity index (χ0v) is 15.7. The molecule has 0 saturated carbocycles. The van der Waals surface area contributed by atoms with E-state index < -0.39 is 0 Å². The average Bonchev–Trinajstić information content (AvgIpc) is 3.00. The molecule has 2 aliphatic heterocycles. The van der Waals surface area contributed by atoms with Gasteiger partial charge in [-0.05, 0) is 11.8 Å². The summed E-state index contributed by atoms with van der Waals surface area (Å²) in [4.78, 5) is 19.0. The van der Waals surface area contributed by atoms with Gasteiger partial charge in [0, 0.05) is 37.0 Å². The molecule has 0 spiro atoms. The van der Waals surface area contributed by atoms with E-state index in [0.717, 1.165) is 36.9 Å². The number of nitrogens with zero attached hydrogens (tertiary/aromatic N) is 2. The third-order valence-corrected chi connectivity index (χ3v) is 5.58. The number of rotatable bonds is 2. The Morgan fingerprint density at radius 2 is 1.91 bits per heavy atom. The SMILES string of the molecule is CC(C)(C)c1nc(CC(=O)N2C[C@H]3CNC[C@H]3C2)cs1.Cl.Cl. The van der Waals surface area contributed by atoms with Crippen molar-refractivity contribution in [3.8, 4) is 0 Å². The van der Waals surface area contributed by atoms with Gasteiger partial charge in [0.15, 0.2) is 0 Å². The molecular weight excluding hydrogens is 341 g/mol. The van der Waals surface area contributed by atoms with Gasteiger partial charge in [-0.15, -0.1) is 36.2 Å². The highest BCUT2D eigenvalue weighted by Crippen LogP contribution is 2.28. The zero-order chi connectivity index (χ0) is 14.3. The van der Waals surface area contributed by atoms with Gasteiger partial charge in [0.05, 0.1) is 17.1 Å². The number of thiazole rings is 1. The van der Waals surface area contributed by atoms with Crippen LogP contribution in [0.15, 0.2) is 5.38 Å². The Kier molecular flexibility index (Phi) is 6.69. The molecule has 0 radical (unpaired) electrons. The van der Waals surface area contributed by atoms with Crippen LogP contribution in [-0.4, -0.2) is 42.0 Å². The van der Waals surface area contributed by atoms with Crippen molar-refractivity contribution in [2.45, 2.75) is 32.6 Å². The van der Waals surface area contributed by atoms with E-state index >= 15 is 0 Å². The maximum absolute atomic E-state index is 12.4. The highest BCUT2D eigenvalue weighted by Gasteiger charge is 2.38. The van der Waals surface area contributed by atoms with Crippen molar-refractivity contribution in [2.24, 2.45) is 11.8 Å². The molecule has 0 unspecified atom stereocenters. The Morgan fingerprint density at radius 1 is 1.32 bits per heavy atom. The Balaban J connectivity index is 0.00000121. The molecule has 1 N–H and O–H groups in total. The molecule has 4 nitrogen and oxygen atoms in total. The van der Waals surface area contributed by atoms with Crippen molar-refractivity contribution in [1.82, 2.24) is 15.2 Å². The van der Waals surface area contributed by atoms with Crippen LogP contribution >= 0.6 is 36.2 Å². The monoisotopic (exact) mass is 365 g/mol. The van der Waals surface area contributed by atoms with E-state index in [2.05, 4.69) is 31.1 Å². The molecule has 2 aliphatic rings. The maximum atomic E-state index is 12.4. The minimum atomic E-state index is 0. The summed E-state index contributed by atoms with van der Waals surface area (Å²) in [5, 5.41) is 6.56. The van der Waals surface area contributed by atoms with Gasteiger partial charge in [-0.3, -0.25) is 4.79 Å². The number of carbonyl (C=O) groups excluding carboxylic acids is 1. The van der Waals surface area contributed by atoms with Crippen LogP contribution in [0.1, 0.15) is 31.5 Å². The van der Waals surface area contributed by atoms with Gasteiger partial charge in [0.2, 0.25) is 5.91 Å². The lowest BCUT2D eigenvalue weighted by Gasteiger charge is -2.17. The van der Waals surface area contributed by atoms with Gasteiger partial charge in [-0.2, -0.15) is 0 Å². The predicted octanol–water partition coefficient (Wildman–Crippen LogP) is 2.50. The summed E-state index contributed by atoms with van der Waals surface area (Å²) in [7, 11) is 0. The number of carbonyl (C=O) groups is 1. The van der Waals surface area contributed by atoms with Gasteiger partial charge in [0.25, 0.3) is 0 Å². The summed E-state index contributed by atoms with van der Waals surface area (Å²) in [6.07, 6.45) is 0.458. The standard InChI is InChI=1S/C15H23N3OS.2ClH/c1-15(2,3)14-17-12(9-20-14)4-13(19)18-7-10-5-16-6-11(10)8-18;;/h9-11,16H,4-8H2,1-3H3;2*1H/t10-,11+;;. The lowest BCUT2D eigenvalue weighted by Crippen LogP contribution is -2.33. The van der Waals surface area contributed by atoms with E-state index in [-0.39, 0.29) is 36.1 Å². The first-order valence-corrected chi connectivity index (χ1v) is 8.25. The van der Waals surface area contributed by atoms with E-state index in [1.807, 2.05) is 10.3 Å². The fourth-order valence-corrected chi connectivity index (χ4v) is 3.97. The fraction of sp³-hybridized carbons (Fsp3) is 0.733. The summed E-state index contributed by atoms with van der Waals surface area (Å²) in [5.41, 5.74) is 1.00. The van der Waals surface area contributed by atoms with E-state index in [4.69, 9.17) is 0 Å². The second-order valence-electron chi connectivity index (χ2n) is 7.05. The summed E-state index contributed by atoms with van der Waals surface area (Å²) in [5.74, 6) is 1.57. The van der Waals surface area contributed by atoms with Gasteiger partial charge in [-0.1, -0.05) is 20.8 Å². The van der Waals surface area contributed by atoms with Crippen LogP contribution in [0, 0.1) is 11.8 Å². The summed E-state index contributed by atoms with van der Waals surface area (Å²) >= 11 is 1.67. The number of amides is 1. The second kappa shape index (κ2) is 7.47. The first-order valence-electron chi connectivity index (χ1n) is 7.37. The van der Waals surface area contributed by atoms with Gasteiger partial charge in [0.1, 0.15) is 0 Å². The Bertz CT molecular complexity index is 503. The van der Waals surface area contributed by atoms with Crippen molar-refractivity contribution in [2.75, 3.05) is 26.2 Å². The molecule has 1 amide bonds. The van der Waals surface area contributed by atoms with Crippen molar-refractivity contribution in [3.63, 3.8) is 0 Å². The normalized spacial score (nSPS) is 23.7. The molecule has 2 saturated heterocycles. The molecule has 7 heteroatoms. The number of aromatic nitrogens is 1. The van der Waals surface area contributed by atoms with Crippen LogP contribution in [-0.2, 0) is 16.6 Å². The molecule has 1 aromatic heterocycles. The third-order valence-electron chi connectivity index (χ3n) is 4.27. The minimum Gasteiger partial charge on any atom is -0.342 e. The number of fused-ring (bicyclic) bond motifs is 1. The number of halogens is 2. The molecular formula is C15H25Cl2N3OS. The summed E-state index contributed by atoms with van der Waals surface area (Å²) in [6.45, 7) is 10.5. The van der Waals surface area contributed by atoms with Gasteiger partial charge < -0.3 is 10.2 Å². The van der Waals surface area contributed by atoms with Crippen LogP contribution in [0.3, 0.4) is 0 Å². The number of nitrogens with one attached hydrogen (secondary N) is 1. The highest BCUT2D eigenvalue weighted by molar-refractivity contribution is 7.09. The fourth-order valence-electron chi connectivity index (χ4n) is 3.06. The second-order valence-corrected chi connectivity index (χ2v) is 7.91. The quantitative estimate of drug-likeness (QED) is 0.875. The van der Waals surface area contributed by atoms with Crippen LogP contribution in [0.2, 0.25) is 0 Å². The molecule has 0 bridgehead atoms. The molecule has 22 heavy (non-hydrogen) atoms. The summed E-state index contributed by atoms with van der Waals surface area (Å²) in [6, 6.07) is 0. The lowest BCUT2D eigenvalue weighted by molar-refractivity contribution is -0.129. The molecule has 2 atom stereocenters. The average molecular weight is 366 g/mol. The largest absolute Gasteiger partial charge is 0.342 e. The number of hydrogen-bond donors (Lipinski definition) is 1. The molecule has 126 valence electrons. The first-order chi connectivity index (χ1) is 9.43. The van der Waals surface area contributed by atoms with E-state index in [0.29, 0.717) is 18.3 Å². The molecule has 1 aromatic rings. The van der Waals surface area contributed by atoms with E-state index in [1.165, 1.54) is 0 Å². The molecule has 0 aliphatic carbocycles. The van der Waals surface area contributed by atoms with Crippen LogP contribution in [0.25, 0.3) is 0 Å². The van der Waals surface area contributed by atoms with Crippen molar-refractivity contribution < 1.29 is 4.79 Å². The zero-order valence-electron chi connectivity index (χ0n) is 13.3. The lowest BCUT2D eigenvalue weighted by atomic mass is 9.98. The maximum Gasteiger partial charge on any atom is 0.228 e. The van der Waals surface area contributed by atoms with E-state index in [1.54, 1.807) is 11.3 Å². The molecule has 0 aromatic carbocycles. The highest BCUT2D eigenvalue weighted by atomic mass is 35.5. The van der Waals surface area contributed by atoms with Crippen molar-refractivity contribution in [1.29, 1.82) is 0 Å². The Hall–Kier alpha value is -0.360. The number of likely N-dealkylation sites (tertiary alicyclic amines) is 1. The smallest absolute Gasteiger partial charge is 0.228 e. The van der Waals surface area contributed by atoms with Crippen molar-refractivity contribution >= 4 is 42.1 Å². The number of hydrogen-bond acceptors (Lipinski definition) is 4. The first kappa shape index (κ1) is 19.7. The van der Waals surface area contributed by atoms with Crippen LogP contribution in [0.4, 0.5) is 0 Å². The summed E-state index contributed by atoms with van der Waals surface area (Å²) < 4.78 is 0. The van der Waals surface area contributed by atoms with Gasteiger partial charge in [-0.25, -0.2) is 4.98 Å². The molecule has 3 heterocycles. The Morgan fingerprint density at radius 3 is 2.41 bits per heavy atom. The topological polar surface area (TPSA) is 45.2 Å². The Labute approximate surface area is 148 Å². The molecule has 2 fully saturated rings. The van der Waals surface area contributed by atoms with Crippen LogP contribution in [0.5, 0.6) is 0 Å².